The molecule has 0 aromatic rings. The van der Waals surface area contributed by atoms with Crippen molar-refractivity contribution in [3.63, 3.8) is 0 Å². The first kappa shape index (κ1) is 16.1. The summed E-state index contributed by atoms with van der Waals surface area (Å²) < 4.78 is 0. The van der Waals surface area contributed by atoms with Gasteiger partial charge in [-0.15, -0.1) is 0 Å². The molecule has 0 aromatic carbocycles. The topological polar surface area (TPSA) is 40.5 Å². The van der Waals surface area contributed by atoms with Gasteiger partial charge in [0.25, 0.3) is 0 Å². The van der Waals surface area contributed by atoms with Crippen molar-refractivity contribution in [3.05, 3.63) is 0 Å². The van der Waals surface area contributed by atoms with Crippen molar-refractivity contribution in [2.24, 2.45) is 0 Å². The molecule has 0 aliphatic heterocycles. The van der Waals surface area contributed by atoms with Crippen molar-refractivity contribution in [1.29, 1.82) is 0 Å². The Morgan fingerprint density at radius 3 is 1.00 bits per heavy atom. The normalized spacial score (nSPS) is 5.56. The fourth-order valence-electron chi connectivity index (χ4n) is 0. The van der Waals surface area contributed by atoms with Gasteiger partial charge < -0.3 is 10.2 Å². The largest absolute Gasteiger partial charge is 0.502 e. The first-order valence-electron chi connectivity index (χ1n) is 1.86. The maximum absolute atomic E-state index is 7.79. The predicted molar refractivity (Wildman–Crippen MR) is 41.8 cm³/mol. The Balaban J connectivity index is -0.0000000720. The summed E-state index contributed by atoms with van der Waals surface area (Å²) in [5, 5.41) is 15.6. The zero-order chi connectivity index (χ0) is 7.15. The molecule has 57 valence electrons. The second kappa shape index (κ2) is 11.1. The van der Waals surface area contributed by atoms with Gasteiger partial charge in [-0.05, 0) is 24.4 Å². The number of hydrogen-bond acceptors (Lipinski definition) is 2. The molecular weight excluding hydrogens is 203 g/mol. The quantitative estimate of drug-likeness (QED) is 0.599. The second-order valence-corrected chi connectivity index (χ2v) is 2.22. The van der Waals surface area contributed by atoms with Gasteiger partial charge in [0.2, 0.25) is 0 Å². The second-order valence-electron chi connectivity index (χ2n) is 1.04. The number of thiocarbonyl (C=S) groups is 2. The van der Waals surface area contributed by atoms with Gasteiger partial charge in [-0.2, -0.15) is 0 Å². The van der Waals surface area contributed by atoms with Crippen LogP contribution in [0.25, 0.3) is 0 Å². The van der Waals surface area contributed by atoms with Crippen LogP contribution in [0.1, 0.15) is 13.8 Å². The smallest absolute Gasteiger partial charge is 0.153 e. The van der Waals surface area contributed by atoms with E-state index in [1.165, 1.54) is 13.8 Å². The summed E-state index contributed by atoms with van der Waals surface area (Å²) in [7, 11) is 0. The summed E-state index contributed by atoms with van der Waals surface area (Å²) in [6.07, 6.45) is 0. The molecule has 1 radical (unpaired) electrons. The molecule has 0 fully saturated rings. The first-order valence-corrected chi connectivity index (χ1v) is 2.67. The van der Waals surface area contributed by atoms with E-state index in [0.717, 1.165) is 0 Å². The molecule has 0 aliphatic carbocycles. The average molecular weight is 211 g/mol. The summed E-state index contributed by atoms with van der Waals surface area (Å²) in [6, 6.07) is 0. The van der Waals surface area contributed by atoms with E-state index >= 15 is 0 Å². The van der Waals surface area contributed by atoms with Crippen LogP contribution in [0.2, 0.25) is 0 Å². The molecule has 5 heteroatoms. The van der Waals surface area contributed by atoms with Crippen molar-refractivity contribution < 1.29 is 27.0 Å². The minimum absolute atomic E-state index is 0. The fraction of sp³-hybridized carbons (Fsp3) is 0.500. The van der Waals surface area contributed by atoms with Crippen molar-refractivity contribution >= 4 is 34.5 Å². The molecule has 0 spiro atoms. The summed E-state index contributed by atoms with van der Waals surface area (Å²) in [6.45, 7) is 2.91. The molecule has 9 heavy (non-hydrogen) atoms. The van der Waals surface area contributed by atoms with Gasteiger partial charge in [0.05, 0.1) is 0 Å². The monoisotopic (exact) mass is 211 g/mol. The number of rotatable bonds is 0. The molecule has 0 saturated heterocycles. The van der Waals surface area contributed by atoms with Gasteiger partial charge in [-0.3, -0.25) is 0 Å². The van der Waals surface area contributed by atoms with E-state index in [2.05, 4.69) is 24.4 Å². The fourth-order valence-corrected chi connectivity index (χ4v) is 0. The van der Waals surface area contributed by atoms with Gasteiger partial charge in [0.1, 0.15) is 0 Å². The van der Waals surface area contributed by atoms with Crippen molar-refractivity contribution in [3.8, 4) is 0 Å². The molecule has 0 saturated carbocycles. The SMILES string of the molecule is CC(O)=S.CC(O)=S.[Co]. The Labute approximate surface area is 75.5 Å². The Hall–Kier alpha value is 0.286. The molecule has 0 aliphatic rings. The zero-order valence-corrected chi connectivity index (χ0v) is 7.72. The minimum Gasteiger partial charge on any atom is -0.502 e. The van der Waals surface area contributed by atoms with E-state index in [1.807, 2.05) is 0 Å². The predicted octanol–water partition coefficient (Wildman–Crippen LogP) is 1.78. The van der Waals surface area contributed by atoms with E-state index in [1.54, 1.807) is 0 Å². The van der Waals surface area contributed by atoms with Crippen LogP contribution in [0.5, 0.6) is 0 Å². The van der Waals surface area contributed by atoms with Gasteiger partial charge in [0, 0.05) is 30.6 Å². The third-order valence-electron chi connectivity index (χ3n) is 0. The molecule has 0 unspecified atom stereocenters. The molecule has 0 bridgehead atoms. The standard InChI is InChI=1S/2C2H4OS.Co/c2*1-2(3)4;/h2*1H3,(H,3,4);. The molecule has 0 atom stereocenters. The van der Waals surface area contributed by atoms with Crippen LogP contribution in [0.4, 0.5) is 0 Å². The molecule has 0 amide bonds. The van der Waals surface area contributed by atoms with Crippen LogP contribution in [-0.2, 0) is 16.8 Å². The van der Waals surface area contributed by atoms with Crippen molar-refractivity contribution in [2.45, 2.75) is 13.8 Å². The van der Waals surface area contributed by atoms with Crippen LogP contribution in [0.15, 0.2) is 0 Å². The summed E-state index contributed by atoms with van der Waals surface area (Å²) in [5.74, 6) is 0. The van der Waals surface area contributed by atoms with Gasteiger partial charge in [-0.25, -0.2) is 0 Å². The number of aliphatic hydroxyl groups excluding tert-OH is 2. The van der Waals surface area contributed by atoms with Crippen LogP contribution in [-0.4, -0.2) is 20.3 Å². The van der Waals surface area contributed by atoms with Gasteiger partial charge in [0.15, 0.2) is 10.1 Å². The third-order valence-corrected chi connectivity index (χ3v) is 0. The average Bonchev–Trinajstić information content (AvgIpc) is 1.25. The minimum atomic E-state index is 0. The molecule has 0 heterocycles. The molecule has 2 N–H and O–H groups in total. The Bertz CT molecular complexity index is 74.6. The van der Waals surface area contributed by atoms with Gasteiger partial charge in [-0.1, -0.05) is 0 Å². The first-order chi connectivity index (χ1) is 3.46. The van der Waals surface area contributed by atoms with E-state index in [4.69, 9.17) is 10.2 Å². The summed E-state index contributed by atoms with van der Waals surface area (Å²) in [4.78, 5) is 0. The summed E-state index contributed by atoms with van der Waals surface area (Å²) >= 11 is 8.19. The molecule has 2 nitrogen and oxygen atoms in total. The van der Waals surface area contributed by atoms with E-state index in [9.17, 15) is 0 Å². The van der Waals surface area contributed by atoms with E-state index in [-0.39, 0.29) is 26.9 Å². The third kappa shape index (κ3) is 3990. The Morgan fingerprint density at radius 1 is 1.00 bits per heavy atom. The Kier molecular flexibility index (Phi) is 20.0. The summed E-state index contributed by atoms with van der Waals surface area (Å²) in [5.41, 5.74) is 0. The zero-order valence-electron chi connectivity index (χ0n) is 5.04. The van der Waals surface area contributed by atoms with Crippen LogP contribution < -0.4 is 0 Å². The van der Waals surface area contributed by atoms with E-state index < -0.39 is 0 Å². The van der Waals surface area contributed by atoms with Crippen LogP contribution >= 0.6 is 24.4 Å². The van der Waals surface area contributed by atoms with Crippen LogP contribution in [0.3, 0.4) is 0 Å². The maximum Gasteiger partial charge on any atom is 0.153 e. The van der Waals surface area contributed by atoms with Gasteiger partial charge >= 0.3 is 0 Å². The van der Waals surface area contributed by atoms with E-state index in [0.29, 0.717) is 0 Å². The van der Waals surface area contributed by atoms with Crippen molar-refractivity contribution in [1.82, 2.24) is 0 Å². The maximum atomic E-state index is 7.79. The van der Waals surface area contributed by atoms with Crippen molar-refractivity contribution in [2.75, 3.05) is 0 Å². The van der Waals surface area contributed by atoms with Crippen LogP contribution in [0, 0.1) is 0 Å². The molecule has 0 rings (SSSR count). The molecular formula is C4H8CoO2S2. The number of hydrogen-bond donors (Lipinski definition) is 2. The molecule has 0 aromatic heterocycles. The number of aliphatic hydroxyl groups is 2. The Morgan fingerprint density at radius 2 is 1.00 bits per heavy atom.